The van der Waals surface area contributed by atoms with Crippen LogP contribution in [0.4, 0.5) is 0 Å². The minimum absolute atomic E-state index is 0.185. The zero-order chi connectivity index (χ0) is 12.7. The fourth-order valence-electron chi connectivity index (χ4n) is 1.72. The van der Waals surface area contributed by atoms with E-state index in [9.17, 15) is 0 Å². The van der Waals surface area contributed by atoms with E-state index in [2.05, 4.69) is 30.3 Å². The van der Waals surface area contributed by atoms with Crippen molar-refractivity contribution in [2.24, 2.45) is 5.73 Å². The Morgan fingerprint density at radius 1 is 1.35 bits per heavy atom. The molecule has 4 nitrogen and oxygen atoms in total. The number of rotatable bonds is 8. The Kier molecular flexibility index (Phi) is 5.65. The second-order valence-electron chi connectivity index (χ2n) is 4.64. The lowest BCUT2D eigenvalue weighted by Crippen LogP contribution is -2.43. The summed E-state index contributed by atoms with van der Waals surface area (Å²) in [6.45, 7) is 8.57. The van der Waals surface area contributed by atoms with E-state index in [4.69, 9.17) is 10.5 Å². The summed E-state index contributed by atoms with van der Waals surface area (Å²) in [5.41, 5.74) is 7.13. The molecule has 0 amide bonds. The quantitative estimate of drug-likeness (QED) is 0.757. The van der Waals surface area contributed by atoms with E-state index in [0.717, 1.165) is 31.5 Å². The Hall–Kier alpha value is -0.870. The average molecular weight is 239 g/mol. The molecule has 98 valence electrons. The highest BCUT2D eigenvalue weighted by Gasteiger charge is 2.20. The summed E-state index contributed by atoms with van der Waals surface area (Å²) in [5, 5.41) is 0. The summed E-state index contributed by atoms with van der Waals surface area (Å²) in [7, 11) is 0. The van der Waals surface area contributed by atoms with Crippen molar-refractivity contribution in [3.8, 4) is 0 Å². The third kappa shape index (κ3) is 4.13. The highest BCUT2D eigenvalue weighted by atomic mass is 16.5. The first-order valence-corrected chi connectivity index (χ1v) is 6.50. The lowest BCUT2D eigenvalue weighted by atomic mass is 9.96. The molecule has 0 aromatic carbocycles. The van der Waals surface area contributed by atoms with E-state index in [0.29, 0.717) is 13.2 Å². The maximum Gasteiger partial charge on any atom is 0.0948 e. The second kappa shape index (κ2) is 6.77. The molecule has 0 unspecified atom stereocenters. The van der Waals surface area contributed by atoms with Crippen molar-refractivity contribution in [1.82, 2.24) is 9.55 Å². The molecule has 1 aromatic heterocycles. The van der Waals surface area contributed by atoms with E-state index in [1.165, 1.54) is 0 Å². The van der Waals surface area contributed by atoms with E-state index in [-0.39, 0.29) is 5.54 Å². The van der Waals surface area contributed by atoms with Crippen LogP contribution in [0, 0.1) is 0 Å². The van der Waals surface area contributed by atoms with Crippen molar-refractivity contribution in [2.75, 3.05) is 6.61 Å². The lowest BCUT2D eigenvalue weighted by molar-refractivity contribution is 0.0661. The van der Waals surface area contributed by atoms with Crippen molar-refractivity contribution in [3.63, 3.8) is 0 Å². The van der Waals surface area contributed by atoms with Gasteiger partial charge in [-0.05, 0) is 19.3 Å². The molecule has 0 saturated carbocycles. The molecule has 17 heavy (non-hydrogen) atoms. The molecule has 2 N–H and O–H groups in total. The molecule has 0 atom stereocenters. The molecule has 0 aliphatic carbocycles. The predicted molar refractivity (Wildman–Crippen MR) is 69.7 cm³/mol. The van der Waals surface area contributed by atoms with Gasteiger partial charge in [-0.15, -0.1) is 0 Å². The van der Waals surface area contributed by atoms with Crippen molar-refractivity contribution in [3.05, 3.63) is 18.2 Å². The summed E-state index contributed by atoms with van der Waals surface area (Å²) >= 11 is 0. The summed E-state index contributed by atoms with van der Waals surface area (Å²) in [6, 6.07) is 0. The SMILES string of the molecule is CCCn1cncc1COCC(N)(CC)CC. The molecule has 0 bridgehead atoms. The highest BCUT2D eigenvalue weighted by molar-refractivity contribution is 4.96. The monoisotopic (exact) mass is 239 g/mol. The number of aryl methyl sites for hydroxylation is 1. The molecular weight excluding hydrogens is 214 g/mol. The molecule has 0 aliphatic heterocycles. The highest BCUT2D eigenvalue weighted by Crippen LogP contribution is 2.13. The molecule has 4 heteroatoms. The topological polar surface area (TPSA) is 53.1 Å². The van der Waals surface area contributed by atoms with E-state index in [1.54, 1.807) is 0 Å². The first-order chi connectivity index (χ1) is 8.15. The van der Waals surface area contributed by atoms with Crippen LogP contribution in [0.3, 0.4) is 0 Å². The van der Waals surface area contributed by atoms with Gasteiger partial charge in [0.05, 0.1) is 31.4 Å². The molecule has 0 fully saturated rings. The van der Waals surface area contributed by atoms with Gasteiger partial charge in [0.2, 0.25) is 0 Å². The van der Waals surface area contributed by atoms with Crippen LogP contribution in [-0.2, 0) is 17.9 Å². The Bertz CT molecular complexity index is 318. The van der Waals surface area contributed by atoms with Gasteiger partial charge in [-0.1, -0.05) is 20.8 Å². The number of hydrogen-bond acceptors (Lipinski definition) is 3. The smallest absolute Gasteiger partial charge is 0.0948 e. The standard InChI is InChI=1S/C13H25N3O/c1-4-7-16-11-15-8-12(16)9-17-10-13(14,5-2)6-3/h8,11H,4-7,9-10,14H2,1-3H3. The van der Waals surface area contributed by atoms with Gasteiger partial charge in [-0.3, -0.25) is 0 Å². The van der Waals surface area contributed by atoms with Crippen LogP contribution in [0.1, 0.15) is 45.7 Å². The van der Waals surface area contributed by atoms with Crippen LogP contribution >= 0.6 is 0 Å². The Labute approximate surface area is 104 Å². The van der Waals surface area contributed by atoms with Crippen molar-refractivity contribution < 1.29 is 4.74 Å². The fourth-order valence-corrected chi connectivity index (χ4v) is 1.72. The van der Waals surface area contributed by atoms with Gasteiger partial charge in [0, 0.05) is 12.1 Å². The zero-order valence-electron chi connectivity index (χ0n) is 11.3. The van der Waals surface area contributed by atoms with Gasteiger partial charge in [0.15, 0.2) is 0 Å². The van der Waals surface area contributed by atoms with Gasteiger partial charge in [-0.25, -0.2) is 4.98 Å². The summed E-state index contributed by atoms with van der Waals surface area (Å²) < 4.78 is 7.86. The third-order valence-corrected chi connectivity index (χ3v) is 3.31. The van der Waals surface area contributed by atoms with Gasteiger partial charge >= 0.3 is 0 Å². The van der Waals surface area contributed by atoms with E-state index in [1.807, 2.05) is 12.5 Å². The van der Waals surface area contributed by atoms with Crippen LogP contribution in [0.25, 0.3) is 0 Å². The zero-order valence-corrected chi connectivity index (χ0v) is 11.3. The van der Waals surface area contributed by atoms with Gasteiger partial charge < -0.3 is 15.0 Å². The van der Waals surface area contributed by atoms with Crippen LogP contribution in [0.2, 0.25) is 0 Å². The number of ether oxygens (including phenoxy) is 1. The Balaban J connectivity index is 2.42. The molecule has 0 aliphatic rings. The largest absolute Gasteiger partial charge is 0.373 e. The van der Waals surface area contributed by atoms with Crippen LogP contribution in [0.5, 0.6) is 0 Å². The van der Waals surface area contributed by atoms with Crippen molar-refractivity contribution >= 4 is 0 Å². The maximum absolute atomic E-state index is 6.19. The number of nitrogens with zero attached hydrogens (tertiary/aromatic N) is 2. The number of nitrogens with two attached hydrogens (primary N) is 1. The maximum atomic E-state index is 6.19. The van der Waals surface area contributed by atoms with Crippen molar-refractivity contribution in [2.45, 2.75) is 58.7 Å². The van der Waals surface area contributed by atoms with Gasteiger partial charge in [0.1, 0.15) is 0 Å². The average Bonchev–Trinajstić information content (AvgIpc) is 2.77. The summed E-state index contributed by atoms with van der Waals surface area (Å²) in [5.74, 6) is 0. The summed E-state index contributed by atoms with van der Waals surface area (Å²) in [6.07, 6.45) is 6.72. The van der Waals surface area contributed by atoms with Crippen molar-refractivity contribution in [1.29, 1.82) is 0 Å². The predicted octanol–water partition coefficient (Wildman–Crippen LogP) is 2.33. The van der Waals surface area contributed by atoms with Gasteiger partial charge in [-0.2, -0.15) is 0 Å². The molecule has 1 heterocycles. The van der Waals surface area contributed by atoms with E-state index < -0.39 is 0 Å². The number of hydrogen-bond donors (Lipinski definition) is 1. The fraction of sp³-hybridized carbons (Fsp3) is 0.769. The molecule has 1 rings (SSSR count). The molecule has 0 radical (unpaired) electrons. The van der Waals surface area contributed by atoms with Crippen LogP contribution in [0.15, 0.2) is 12.5 Å². The summed E-state index contributed by atoms with van der Waals surface area (Å²) in [4.78, 5) is 4.15. The third-order valence-electron chi connectivity index (χ3n) is 3.31. The Morgan fingerprint density at radius 2 is 2.06 bits per heavy atom. The van der Waals surface area contributed by atoms with Crippen LogP contribution in [-0.4, -0.2) is 21.7 Å². The first-order valence-electron chi connectivity index (χ1n) is 6.50. The number of aromatic nitrogens is 2. The second-order valence-corrected chi connectivity index (χ2v) is 4.64. The number of imidazole rings is 1. The molecule has 1 aromatic rings. The normalized spacial score (nSPS) is 12.0. The van der Waals surface area contributed by atoms with Crippen LogP contribution < -0.4 is 5.73 Å². The molecule has 0 saturated heterocycles. The minimum Gasteiger partial charge on any atom is -0.373 e. The molecular formula is C13H25N3O. The first kappa shape index (κ1) is 14.2. The lowest BCUT2D eigenvalue weighted by Gasteiger charge is -2.26. The molecule has 0 spiro atoms. The van der Waals surface area contributed by atoms with Gasteiger partial charge in [0.25, 0.3) is 0 Å². The Morgan fingerprint density at radius 3 is 2.65 bits per heavy atom. The van der Waals surface area contributed by atoms with E-state index >= 15 is 0 Å². The minimum atomic E-state index is -0.185.